The first-order valence-corrected chi connectivity index (χ1v) is 8.32. The Balaban J connectivity index is 2.31. The van der Waals surface area contributed by atoms with Gasteiger partial charge in [0, 0.05) is 23.7 Å². The number of hydrogen-bond acceptors (Lipinski definition) is 3. The number of benzene rings is 2. The predicted octanol–water partition coefficient (Wildman–Crippen LogP) is 3.93. The Hall–Kier alpha value is -1.88. The minimum absolute atomic E-state index is 0.134. The highest BCUT2D eigenvalue weighted by atomic mass is 35.5. The number of nitrogens with zero attached hydrogens (tertiary/aromatic N) is 3. The first-order valence-electron chi connectivity index (χ1n) is 7.57. The van der Waals surface area contributed by atoms with Gasteiger partial charge in [-0.05, 0) is 26.2 Å². The van der Waals surface area contributed by atoms with Crippen molar-refractivity contribution in [2.24, 2.45) is 0 Å². The molecule has 24 heavy (non-hydrogen) atoms. The first kappa shape index (κ1) is 17.0. The van der Waals surface area contributed by atoms with Gasteiger partial charge in [-0.15, -0.1) is 0 Å². The summed E-state index contributed by atoms with van der Waals surface area (Å²) in [6.07, 6.45) is 0. The van der Waals surface area contributed by atoms with Crippen LogP contribution in [0.25, 0.3) is 22.3 Å². The Labute approximate surface area is 150 Å². The third kappa shape index (κ3) is 3.31. The van der Waals surface area contributed by atoms with Crippen LogP contribution in [-0.4, -0.2) is 35.1 Å². The average molecular weight is 362 g/mol. The molecule has 0 bridgehead atoms. The lowest BCUT2D eigenvalue weighted by Gasteiger charge is -2.16. The van der Waals surface area contributed by atoms with E-state index in [1.165, 1.54) is 0 Å². The molecule has 1 heterocycles. The van der Waals surface area contributed by atoms with E-state index in [4.69, 9.17) is 23.2 Å². The maximum absolute atomic E-state index is 13.0. The minimum Gasteiger partial charge on any atom is -0.308 e. The molecule has 0 atom stereocenters. The van der Waals surface area contributed by atoms with Crippen LogP contribution in [0.4, 0.5) is 0 Å². The van der Waals surface area contributed by atoms with Crippen molar-refractivity contribution in [3.05, 3.63) is 62.9 Å². The molecule has 0 spiro atoms. The van der Waals surface area contributed by atoms with Gasteiger partial charge in [0.15, 0.2) is 0 Å². The summed E-state index contributed by atoms with van der Waals surface area (Å²) in [5, 5.41) is 1.25. The lowest BCUT2D eigenvalue weighted by Crippen LogP contribution is -2.28. The van der Waals surface area contributed by atoms with E-state index in [2.05, 4.69) is 4.98 Å². The van der Waals surface area contributed by atoms with E-state index in [0.717, 1.165) is 12.1 Å². The van der Waals surface area contributed by atoms with Crippen LogP contribution in [0, 0.1) is 0 Å². The number of aromatic nitrogens is 2. The van der Waals surface area contributed by atoms with E-state index in [0.29, 0.717) is 33.3 Å². The Morgan fingerprint density at radius 3 is 2.50 bits per heavy atom. The van der Waals surface area contributed by atoms with Crippen molar-refractivity contribution in [3.63, 3.8) is 0 Å². The molecule has 0 radical (unpaired) electrons. The fourth-order valence-electron chi connectivity index (χ4n) is 2.57. The van der Waals surface area contributed by atoms with Gasteiger partial charge in [-0.25, -0.2) is 4.98 Å². The van der Waals surface area contributed by atoms with Gasteiger partial charge in [0.25, 0.3) is 5.56 Å². The summed E-state index contributed by atoms with van der Waals surface area (Å²) < 4.78 is 1.68. The second-order valence-corrected chi connectivity index (χ2v) is 6.69. The van der Waals surface area contributed by atoms with Crippen LogP contribution >= 0.6 is 23.2 Å². The zero-order valence-electron chi connectivity index (χ0n) is 13.5. The number of likely N-dealkylation sites (N-methyl/N-ethyl adjacent to an activating group) is 1. The molecular weight excluding hydrogens is 345 g/mol. The predicted molar refractivity (Wildman–Crippen MR) is 100 cm³/mol. The van der Waals surface area contributed by atoms with Crippen LogP contribution in [0.3, 0.4) is 0 Å². The molecule has 124 valence electrons. The van der Waals surface area contributed by atoms with Gasteiger partial charge in [0.05, 0.1) is 15.9 Å². The van der Waals surface area contributed by atoms with Gasteiger partial charge in [-0.1, -0.05) is 53.5 Å². The average Bonchev–Trinajstić information content (AvgIpc) is 2.55. The molecule has 2 aromatic carbocycles. The summed E-state index contributed by atoms with van der Waals surface area (Å²) in [5.41, 5.74) is 1.22. The van der Waals surface area contributed by atoms with E-state index in [9.17, 15) is 4.79 Å². The van der Waals surface area contributed by atoms with E-state index < -0.39 is 0 Å². The molecule has 0 aliphatic carbocycles. The summed E-state index contributed by atoms with van der Waals surface area (Å²) in [6.45, 7) is 1.25. The molecule has 1 aromatic heterocycles. The second-order valence-electron chi connectivity index (χ2n) is 5.85. The van der Waals surface area contributed by atoms with Gasteiger partial charge in [-0.3, -0.25) is 9.36 Å². The second kappa shape index (κ2) is 6.93. The molecule has 0 aliphatic heterocycles. The Morgan fingerprint density at radius 2 is 1.83 bits per heavy atom. The van der Waals surface area contributed by atoms with Gasteiger partial charge in [0.2, 0.25) is 0 Å². The van der Waals surface area contributed by atoms with Crippen molar-refractivity contribution in [1.29, 1.82) is 0 Å². The molecule has 3 aromatic rings. The van der Waals surface area contributed by atoms with Crippen LogP contribution in [0.1, 0.15) is 0 Å². The van der Waals surface area contributed by atoms with Crippen molar-refractivity contribution in [2.45, 2.75) is 6.54 Å². The maximum atomic E-state index is 13.0. The molecule has 3 rings (SSSR count). The molecule has 0 aliphatic rings. The van der Waals surface area contributed by atoms with Crippen molar-refractivity contribution in [2.75, 3.05) is 20.6 Å². The number of rotatable bonds is 4. The van der Waals surface area contributed by atoms with Crippen molar-refractivity contribution in [1.82, 2.24) is 14.5 Å². The summed E-state index contributed by atoms with van der Waals surface area (Å²) in [7, 11) is 3.94. The normalized spacial score (nSPS) is 11.4. The monoisotopic (exact) mass is 361 g/mol. The van der Waals surface area contributed by atoms with Crippen molar-refractivity contribution in [3.8, 4) is 11.4 Å². The zero-order chi connectivity index (χ0) is 17.3. The third-order valence-electron chi connectivity index (χ3n) is 3.78. The topological polar surface area (TPSA) is 38.1 Å². The number of fused-ring (bicyclic) bond motifs is 1. The zero-order valence-corrected chi connectivity index (χ0v) is 15.0. The summed E-state index contributed by atoms with van der Waals surface area (Å²) in [4.78, 5) is 19.7. The van der Waals surface area contributed by atoms with Crippen molar-refractivity contribution < 1.29 is 0 Å². The Morgan fingerprint density at radius 1 is 1.12 bits per heavy atom. The van der Waals surface area contributed by atoms with E-state index >= 15 is 0 Å². The highest BCUT2D eigenvalue weighted by molar-refractivity contribution is 6.38. The van der Waals surface area contributed by atoms with Gasteiger partial charge >= 0.3 is 0 Å². The Bertz CT molecular complexity index is 936. The molecular formula is C18H17Cl2N3O. The van der Waals surface area contributed by atoms with Crippen LogP contribution in [-0.2, 0) is 6.54 Å². The van der Waals surface area contributed by atoms with Gasteiger partial charge in [-0.2, -0.15) is 0 Å². The molecule has 0 fully saturated rings. The van der Waals surface area contributed by atoms with Crippen LogP contribution < -0.4 is 5.56 Å². The summed E-state index contributed by atoms with van der Waals surface area (Å²) in [6, 6.07) is 12.9. The summed E-state index contributed by atoms with van der Waals surface area (Å²) in [5.74, 6) is 0.610. The fourth-order valence-corrected chi connectivity index (χ4v) is 3.10. The molecule has 0 saturated carbocycles. The van der Waals surface area contributed by atoms with Crippen LogP contribution in [0.15, 0.2) is 47.3 Å². The quantitative estimate of drug-likeness (QED) is 0.706. The molecule has 4 nitrogen and oxygen atoms in total. The highest BCUT2D eigenvalue weighted by Gasteiger charge is 2.15. The smallest absolute Gasteiger partial charge is 0.261 e. The summed E-state index contributed by atoms with van der Waals surface area (Å²) >= 11 is 12.3. The SMILES string of the molecule is CN(C)CCn1c(-c2ccccc2)nc2c(Cl)cc(Cl)cc2c1=O. The molecule has 0 saturated heterocycles. The molecule has 0 N–H and O–H groups in total. The van der Waals surface area contributed by atoms with Crippen LogP contribution in [0.5, 0.6) is 0 Å². The van der Waals surface area contributed by atoms with E-state index in [-0.39, 0.29) is 5.56 Å². The number of halogens is 2. The minimum atomic E-state index is -0.134. The van der Waals surface area contributed by atoms with Crippen LogP contribution in [0.2, 0.25) is 10.0 Å². The Kier molecular flexibility index (Phi) is 4.90. The third-order valence-corrected chi connectivity index (χ3v) is 4.29. The van der Waals surface area contributed by atoms with E-state index in [1.54, 1.807) is 16.7 Å². The number of hydrogen-bond donors (Lipinski definition) is 0. The van der Waals surface area contributed by atoms with Gasteiger partial charge < -0.3 is 4.90 Å². The molecule has 0 amide bonds. The molecule has 0 unspecified atom stereocenters. The molecule has 6 heteroatoms. The highest BCUT2D eigenvalue weighted by Crippen LogP contribution is 2.27. The fraction of sp³-hybridized carbons (Fsp3) is 0.222. The lowest BCUT2D eigenvalue weighted by atomic mass is 10.1. The largest absolute Gasteiger partial charge is 0.308 e. The first-order chi connectivity index (χ1) is 11.5. The maximum Gasteiger partial charge on any atom is 0.261 e. The standard InChI is InChI=1S/C18H17Cl2N3O/c1-22(2)8-9-23-17(12-6-4-3-5-7-12)21-16-14(18(23)24)10-13(19)11-15(16)20/h3-7,10-11H,8-9H2,1-2H3. The van der Waals surface area contributed by atoms with E-state index in [1.807, 2.05) is 49.3 Å². The van der Waals surface area contributed by atoms with Gasteiger partial charge in [0.1, 0.15) is 5.82 Å². The lowest BCUT2D eigenvalue weighted by molar-refractivity contribution is 0.381. The van der Waals surface area contributed by atoms with Crippen molar-refractivity contribution >= 4 is 34.1 Å².